The Labute approximate surface area is 111 Å². The molecule has 2 heterocycles. The molecular formula is C13H17N5O. The van der Waals surface area contributed by atoms with Crippen LogP contribution in [0.5, 0.6) is 0 Å². The number of carbonyl (C=O) groups excluding carboxylic acids is 1. The molecule has 6 nitrogen and oxygen atoms in total. The van der Waals surface area contributed by atoms with Gasteiger partial charge in [-0.05, 0) is 27.7 Å². The van der Waals surface area contributed by atoms with Crippen molar-refractivity contribution < 1.29 is 4.79 Å². The summed E-state index contributed by atoms with van der Waals surface area (Å²) in [6.45, 7) is 7.94. The lowest BCUT2D eigenvalue weighted by molar-refractivity contribution is 0.102. The third kappa shape index (κ3) is 3.15. The molecule has 0 aliphatic heterocycles. The molecule has 1 N–H and O–H groups in total. The Kier molecular flexibility index (Phi) is 3.33. The van der Waals surface area contributed by atoms with Crippen molar-refractivity contribution in [1.82, 2.24) is 19.7 Å². The van der Waals surface area contributed by atoms with E-state index in [1.807, 2.05) is 27.7 Å². The fraction of sp³-hybridized carbons (Fsp3) is 0.385. The summed E-state index contributed by atoms with van der Waals surface area (Å²) in [5.41, 5.74) is 1.58. The largest absolute Gasteiger partial charge is 0.318 e. The number of hydrogen-bond acceptors (Lipinski definition) is 4. The summed E-state index contributed by atoms with van der Waals surface area (Å²) >= 11 is 0. The molecule has 0 saturated heterocycles. The molecule has 0 aliphatic carbocycles. The number of amides is 1. The van der Waals surface area contributed by atoms with E-state index >= 15 is 0 Å². The Balaban J connectivity index is 2.11. The fourth-order valence-corrected chi connectivity index (χ4v) is 1.46. The summed E-state index contributed by atoms with van der Waals surface area (Å²) in [5, 5.41) is 6.96. The number of rotatable bonds is 2. The second-order valence-corrected chi connectivity index (χ2v) is 5.34. The Hall–Kier alpha value is -2.24. The van der Waals surface area contributed by atoms with Crippen LogP contribution in [0.3, 0.4) is 0 Å². The highest BCUT2D eigenvalue weighted by atomic mass is 16.1. The van der Waals surface area contributed by atoms with Gasteiger partial charge < -0.3 is 5.32 Å². The first kappa shape index (κ1) is 13.2. The van der Waals surface area contributed by atoms with E-state index in [2.05, 4.69) is 20.4 Å². The Morgan fingerprint density at radius 1 is 1.21 bits per heavy atom. The lowest BCUT2D eigenvalue weighted by Gasteiger charge is -2.18. The van der Waals surface area contributed by atoms with Gasteiger partial charge in [0.1, 0.15) is 5.69 Å². The molecule has 0 unspecified atom stereocenters. The molecule has 2 rings (SSSR count). The van der Waals surface area contributed by atoms with E-state index in [1.165, 1.54) is 6.20 Å². The van der Waals surface area contributed by atoms with Gasteiger partial charge in [0.25, 0.3) is 5.91 Å². The summed E-state index contributed by atoms with van der Waals surface area (Å²) in [7, 11) is 0. The van der Waals surface area contributed by atoms with E-state index in [-0.39, 0.29) is 17.1 Å². The van der Waals surface area contributed by atoms with Crippen molar-refractivity contribution in [3.63, 3.8) is 0 Å². The van der Waals surface area contributed by atoms with Gasteiger partial charge in [-0.25, -0.2) is 4.98 Å². The molecule has 1 amide bonds. The van der Waals surface area contributed by atoms with Gasteiger partial charge in [-0.2, -0.15) is 5.10 Å². The fourth-order valence-electron chi connectivity index (χ4n) is 1.46. The quantitative estimate of drug-likeness (QED) is 0.895. The van der Waals surface area contributed by atoms with Gasteiger partial charge in [0.05, 0.1) is 29.3 Å². The van der Waals surface area contributed by atoms with Crippen LogP contribution in [0.4, 0.5) is 5.69 Å². The van der Waals surface area contributed by atoms with Gasteiger partial charge in [-0.3, -0.25) is 14.5 Å². The van der Waals surface area contributed by atoms with E-state index in [1.54, 1.807) is 23.3 Å². The minimum Gasteiger partial charge on any atom is -0.318 e. The topological polar surface area (TPSA) is 72.7 Å². The molecular weight excluding hydrogens is 242 g/mol. The molecule has 0 spiro atoms. The van der Waals surface area contributed by atoms with Gasteiger partial charge in [0, 0.05) is 12.4 Å². The van der Waals surface area contributed by atoms with Crippen molar-refractivity contribution >= 4 is 11.6 Å². The SMILES string of the molecule is Cc1cnc(C(=O)Nc2cnn(C(C)(C)C)c2)cn1. The van der Waals surface area contributed by atoms with Crippen molar-refractivity contribution in [1.29, 1.82) is 0 Å². The molecule has 2 aromatic heterocycles. The number of aryl methyl sites for hydroxylation is 1. The van der Waals surface area contributed by atoms with Gasteiger partial charge in [-0.1, -0.05) is 0 Å². The molecule has 2 aromatic rings. The van der Waals surface area contributed by atoms with Crippen LogP contribution in [0.2, 0.25) is 0 Å². The lowest BCUT2D eigenvalue weighted by Crippen LogP contribution is -2.22. The van der Waals surface area contributed by atoms with Crippen LogP contribution >= 0.6 is 0 Å². The number of aromatic nitrogens is 4. The van der Waals surface area contributed by atoms with E-state index in [4.69, 9.17) is 0 Å². The van der Waals surface area contributed by atoms with Crippen molar-refractivity contribution in [3.05, 3.63) is 36.2 Å². The third-order valence-corrected chi connectivity index (χ3v) is 2.54. The smallest absolute Gasteiger partial charge is 0.275 e. The summed E-state index contributed by atoms with van der Waals surface area (Å²) in [4.78, 5) is 20.0. The van der Waals surface area contributed by atoms with E-state index in [0.717, 1.165) is 5.69 Å². The second kappa shape index (κ2) is 4.79. The third-order valence-electron chi connectivity index (χ3n) is 2.54. The van der Waals surface area contributed by atoms with Gasteiger partial charge in [0.2, 0.25) is 0 Å². The summed E-state index contributed by atoms with van der Waals surface area (Å²) in [6.07, 6.45) is 6.43. The van der Waals surface area contributed by atoms with Gasteiger partial charge >= 0.3 is 0 Å². The minimum atomic E-state index is -0.291. The first-order valence-electron chi connectivity index (χ1n) is 6.01. The normalized spacial score (nSPS) is 11.4. The van der Waals surface area contributed by atoms with Crippen molar-refractivity contribution in [2.24, 2.45) is 0 Å². The highest BCUT2D eigenvalue weighted by Gasteiger charge is 2.15. The van der Waals surface area contributed by atoms with Gasteiger partial charge in [0.15, 0.2) is 0 Å². The predicted octanol–water partition coefficient (Wildman–Crippen LogP) is 1.99. The predicted molar refractivity (Wildman–Crippen MR) is 71.9 cm³/mol. The van der Waals surface area contributed by atoms with Gasteiger partial charge in [-0.15, -0.1) is 0 Å². The monoisotopic (exact) mass is 259 g/mol. The zero-order valence-electron chi connectivity index (χ0n) is 11.5. The average molecular weight is 259 g/mol. The number of nitrogens with zero attached hydrogens (tertiary/aromatic N) is 4. The van der Waals surface area contributed by atoms with E-state index < -0.39 is 0 Å². The molecule has 0 fully saturated rings. The Morgan fingerprint density at radius 2 is 1.95 bits per heavy atom. The first-order chi connectivity index (χ1) is 8.86. The highest BCUT2D eigenvalue weighted by molar-refractivity contribution is 6.02. The summed E-state index contributed by atoms with van der Waals surface area (Å²) in [5.74, 6) is -0.291. The molecule has 100 valence electrons. The molecule has 6 heteroatoms. The summed E-state index contributed by atoms with van der Waals surface area (Å²) < 4.78 is 1.80. The molecule has 19 heavy (non-hydrogen) atoms. The minimum absolute atomic E-state index is 0.118. The van der Waals surface area contributed by atoms with E-state index in [9.17, 15) is 4.79 Å². The van der Waals surface area contributed by atoms with E-state index in [0.29, 0.717) is 5.69 Å². The molecule has 0 radical (unpaired) electrons. The zero-order chi connectivity index (χ0) is 14.0. The second-order valence-electron chi connectivity index (χ2n) is 5.34. The maximum absolute atomic E-state index is 11.9. The average Bonchev–Trinajstić information content (AvgIpc) is 2.78. The van der Waals surface area contributed by atoms with Crippen molar-refractivity contribution in [3.8, 4) is 0 Å². The van der Waals surface area contributed by atoms with Crippen LogP contribution in [0, 0.1) is 6.92 Å². The van der Waals surface area contributed by atoms with Crippen LogP contribution in [-0.4, -0.2) is 25.7 Å². The Morgan fingerprint density at radius 3 is 2.47 bits per heavy atom. The van der Waals surface area contributed by atoms with Crippen LogP contribution in [-0.2, 0) is 5.54 Å². The maximum Gasteiger partial charge on any atom is 0.275 e. The lowest BCUT2D eigenvalue weighted by atomic mass is 10.1. The zero-order valence-corrected chi connectivity index (χ0v) is 11.5. The number of nitrogens with one attached hydrogen (secondary N) is 1. The highest BCUT2D eigenvalue weighted by Crippen LogP contribution is 2.16. The maximum atomic E-state index is 11.9. The van der Waals surface area contributed by atoms with Crippen molar-refractivity contribution in [2.45, 2.75) is 33.2 Å². The molecule has 0 bridgehead atoms. The molecule has 0 aliphatic rings. The molecule has 0 aromatic carbocycles. The number of hydrogen-bond donors (Lipinski definition) is 1. The number of carbonyl (C=O) groups is 1. The van der Waals surface area contributed by atoms with Crippen LogP contribution in [0.1, 0.15) is 37.0 Å². The van der Waals surface area contributed by atoms with Crippen LogP contribution < -0.4 is 5.32 Å². The summed E-state index contributed by atoms with van der Waals surface area (Å²) in [6, 6.07) is 0. The number of anilines is 1. The van der Waals surface area contributed by atoms with Crippen LogP contribution in [0.25, 0.3) is 0 Å². The standard InChI is InChI=1S/C13H17N5O/c1-9-5-15-11(7-14-9)12(19)17-10-6-16-18(8-10)13(2,3)4/h5-8H,1-4H3,(H,17,19). The molecule has 0 atom stereocenters. The Bertz CT molecular complexity index is 580. The van der Waals surface area contributed by atoms with Crippen molar-refractivity contribution in [2.75, 3.05) is 5.32 Å². The first-order valence-corrected chi connectivity index (χ1v) is 6.01. The molecule has 0 saturated carbocycles. The van der Waals surface area contributed by atoms with Crippen LogP contribution in [0.15, 0.2) is 24.8 Å².